The molecule has 0 aromatic rings. The van der Waals surface area contributed by atoms with Crippen molar-refractivity contribution in [2.75, 3.05) is 13.2 Å². The van der Waals surface area contributed by atoms with Crippen LogP contribution in [0.15, 0.2) is 12.2 Å². The smallest absolute Gasteiger partial charge is 0.330 e. The molecule has 4 nitrogen and oxygen atoms in total. The van der Waals surface area contributed by atoms with Gasteiger partial charge in [-0.15, -0.1) is 0 Å². The molecule has 0 aliphatic heterocycles. The quantitative estimate of drug-likeness (QED) is 0.106. The van der Waals surface area contributed by atoms with Crippen molar-refractivity contribution < 1.29 is 19.7 Å². The fraction of sp³-hybridized carbons (Fsp3) is 0.885. The Morgan fingerprint density at radius 3 is 1.53 bits per heavy atom. The van der Waals surface area contributed by atoms with E-state index < -0.39 is 18.7 Å². The Bertz CT molecular complexity index is 381. The zero-order valence-electron chi connectivity index (χ0n) is 19.8. The third-order valence-corrected chi connectivity index (χ3v) is 5.61. The van der Waals surface area contributed by atoms with Gasteiger partial charge in [0.05, 0.1) is 6.61 Å². The molecule has 0 aromatic heterocycles. The molecular formula is C26H50O4. The van der Waals surface area contributed by atoms with Gasteiger partial charge in [-0.25, -0.2) is 4.79 Å². The second kappa shape index (κ2) is 24.4. The van der Waals surface area contributed by atoms with E-state index in [9.17, 15) is 4.79 Å². The largest absolute Gasteiger partial charge is 0.460 e. The molecule has 0 aromatic carbocycles. The molecule has 0 bridgehead atoms. The summed E-state index contributed by atoms with van der Waals surface area (Å²) in [5.74, 6) is -0.454. The summed E-state index contributed by atoms with van der Waals surface area (Å²) in [6, 6.07) is 0. The number of hydrogen-bond donors (Lipinski definition) is 2. The summed E-state index contributed by atoms with van der Waals surface area (Å²) in [4.78, 5) is 11.4. The fourth-order valence-electron chi connectivity index (χ4n) is 3.62. The minimum atomic E-state index is -0.989. The number of aliphatic hydroxyl groups is 2. The number of carbonyl (C=O) groups excluding carboxylic acids is 1. The van der Waals surface area contributed by atoms with E-state index >= 15 is 0 Å². The van der Waals surface area contributed by atoms with Crippen LogP contribution in [-0.4, -0.2) is 35.5 Å². The van der Waals surface area contributed by atoms with Crippen LogP contribution in [0.25, 0.3) is 0 Å². The number of unbranched alkanes of at least 4 members (excludes halogenated alkanes) is 18. The highest BCUT2D eigenvalue weighted by atomic mass is 16.5. The number of ether oxygens (including phenoxy) is 1. The van der Waals surface area contributed by atoms with Crippen molar-refractivity contribution >= 4 is 5.97 Å². The molecular weight excluding hydrogens is 376 g/mol. The maximum atomic E-state index is 11.4. The molecule has 0 spiro atoms. The van der Waals surface area contributed by atoms with Gasteiger partial charge in [-0.1, -0.05) is 122 Å². The number of rotatable bonds is 23. The molecule has 0 heterocycles. The molecule has 178 valence electrons. The van der Waals surface area contributed by atoms with E-state index in [0.29, 0.717) is 0 Å². The van der Waals surface area contributed by atoms with Crippen molar-refractivity contribution in [2.45, 2.75) is 135 Å². The predicted molar refractivity (Wildman–Crippen MR) is 127 cm³/mol. The summed E-state index contributed by atoms with van der Waals surface area (Å²) in [5, 5.41) is 17.7. The highest BCUT2D eigenvalue weighted by molar-refractivity contribution is 5.81. The first-order valence-corrected chi connectivity index (χ1v) is 12.8. The molecule has 30 heavy (non-hydrogen) atoms. The van der Waals surface area contributed by atoms with Crippen molar-refractivity contribution in [3.05, 3.63) is 12.2 Å². The summed E-state index contributed by atoms with van der Waals surface area (Å²) in [5.41, 5.74) is 0. The molecule has 2 N–H and O–H groups in total. The van der Waals surface area contributed by atoms with Crippen molar-refractivity contribution in [1.29, 1.82) is 0 Å². The van der Waals surface area contributed by atoms with Crippen LogP contribution in [-0.2, 0) is 9.53 Å². The molecule has 0 saturated heterocycles. The van der Waals surface area contributed by atoms with E-state index in [4.69, 9.17) is 14.9 Å². The summed E-state index contributed by atoms with van der Waals surface area (Å²) in [6.07, 6.45) is 27.8. The first kappa shape index (κ1) is 29.1. The lowest BCUT2D eigenvalue weighted by Gasteiger charge is -2.06. The van der Waals surface area contributed by atoms with E-state index in [1.165, 1.54) is 115 Å². The predicted octanol–water partition coefficient (Wildman–Crippen LogP) is 6.87. The topological polar surface area (TPSA) is 66.8 Å². The third kappa shape index (κ3) is 23.4. The van der Waals surface area contributed by atoms with Gasteiger partial charge in [0.2, 0.25) is 0 Å². The Labute approximate surface area is 186 Å². The van der Waals surface area contributed by atoms with Gasteiger partial charge in [-0.05, 0) is 12.8 Å². The van der Waals surface area contributed by atoms with Gasteiger partial charge in [-0.2, -0.15) is 0 Å². The van der Waals surface area contributed by atoms with Crippen LogP contribution in [0.5, 0.6) is 0 Å². The first-order chi connectivity index (χ1) is 14.7. The second-order valence-corrected chi connectivity index (χ2v) is 8.67. The molecule has 0 amide bonds. The van der Waals surface area contributed by atoms with E-state index in [2.05, 4.69) is 6.92 Å². The Kier molecular flexibility index (Phi) is 23.7. The number of esters is 1. The minimum Gasteiger partial charge on any atom is -0.460 e. The van der Waals surface area contributed by atoms with Gasteiger partial charge in [-0.3, -0.25) is 0 Å². The Balaban J connectivity index is 3.17. The maximum absolute atomic E-state index is 11.4. The molecule has 0 aliphatic carbocycles. The molecule has 0 fully saturated rings. The van der Waals surface area contributed by atoms with E-state index in [0.717, 1.165) is 12.8 Å². The second-order valence-electron chi connectivity index (χ2n) is 8.67. The van der Waals surface area contributed by atoms with Gasteiger partial charge in [0.15, 0.2) is 0 Å². The fourth-order valence-corrected chi connectivity index (χ4v) is 3.62. The lowest BCUT2D eigenvalue weighted by Crippen LogP contribution is -2.21. The van der Waals surface area contributed by atoms with Crippen molar-refractivity contribution in [3.8, 4) is 0 Å². The normalized spacial score (nSPS) is 12.5. The Morgan fingerprint density at radius 2 is 1.13 bits per heavy atom. The molecule has 4 heteroatoms. The average molecular weight is 427 g/mol. The van der Waals surface area contributed by atoms with E-state index in [1.807, 2.05) is 6.08 Å². The van der Waals surface area contributed by atoms with Crippen LogP contribution in [0.1, 0.15) is 129 Å². The van der Waals surface area contributed by atoms with Crippen LogP contribution in [0.3, 0.4) is 0 Å². The maximum Gasteiger partial charge on any atom is 0.330 e. The number of aliphatic hydroxyl groups excluding tert-OH is 2. The summed E-state index contributed by atoms with van der Waals surface area (Å²) in [7, 11) is 0. The SMILES string of the molecule is CCCCCCCCCCCCCCCCCCCCC=CC(=O)OCC(O)CO. The molecule has 0 radical (unpaired) electrons. The lowest BCUT2D eigenvalue weighted by molar-refractivity contribution is -0.141. The standard InChI is InChI=1S/C26H50O4/c1-2-3-4-5-6-7-8-9-10-11-12-13-14-15-16-17-18-19-20-21-22-26(29)30-24-25(28)23-27/h21-22,25,27-28H,2-20,23-24H2,1H3. The summed E-state index contributed by atoms with van der Waals surface area (Å²) >= 11 is 0. The van der Waals surface area contributed by atoms with E-state index in [1.54, 1.807) is 0 Å². The van der Waals surface area contributed by atoms with Gasteiger partial charge in [0.1, 0.15) is 12.7 Å². The first-order valence-electron chi connectivity index (χ1n) is 12.8. The van der Waals surface area contributed by atoms with Crippen molar-refractivity contribution in [1.82, 2.24) is 0 Å². The molecule has 0 saturated carbocycles. The van der Waals surface area contributed by atoms with Crippen LogP contribution < -0.4 is 0 Å². The van der Waals surface area contributed by atoms with Gasteiger partial charge >= 0.3 is 5.97 Å². The van der Waals surface area contributed by atoms with Gasteiger partial charge in [0, 0.05) is 6.08 Å². The molecule has 0 rings (SSSR count). The van der Waals surface area contributed by atoms with Crippen LogP contribution in [0.4, 0.5) is 0 Å². The van der Waals surface area contributed by atoms with Gasteiger partial charge < -0.3 is 14.9 Å². The van der Waals surface area contributed by atoms with Crippen molar-refractivity contribution in [3.63, 3.8) is 0 Å². The Morgan fingerprint density at radius 1 is 0.733 bits per heavy atom. The summed E-state index contributed by atoms with van der Waals surface area (Å²) in [6.45, 7) is 1.73. The van der Waals surface area contributed by atoms with Crippen LogP contribution >= 0.6 is 0 Å². The molecule has 1 unspecified atom stereocenters. The average Bonchev–Trinajstić information content (AvgIpc) is 2.76. The number of hydrogen-bond acceptors (Lipinski definition) is 4. The minimum absolute atomic E-state index is 0.154. The zero-order valence-corrected chi connectivity index (χ0v) is 19.8. The number of allylic oxidation sites excluding steroid dienone is 1. The highest BCUT2D eigenvalue weighted by Gasteiger charge is 2.04. The van der Waals surface area contributed by atoms with Gasteiger partial charge in [0.25, 0.3) is 0 Å². The number of carbonyl (C=O) groups is 1. The van der Waals surface area contributed by atoms with Crippen LogP contribution in [0, 0.1) is 0 Å². The van der Waals surface area contributed by atoms with Crippen molar-refractivity contribution in [2.24, 2.45) is 0 Å². The molecule has 0 aliphatic rings. The lowest BCUT2D eigenvalue weighted by atomic mass is 10.0. The highest BCUT2D eigenvalue weighted by Crippen LogP contribution is 2.14. The Hall–Kier alpha value is -0.870. The third-order valence-electron chi connectivity index (χ3n) is 5.61. The zero-order chi connectivity index (χ0) is 22.1. The monoisotopic (exact) mass is 426 g/mol. The van der Waals surface area contributed by atoms with Crippen LogP contribution in [0.2, 0.25) is 0 Å². The molecule has 1 atom stereocenters. The summed E-state index contributed by atoms with van der Waals surface area (Å²) < 4.78 is 4.80. The van der Waals surface area contributed by atoms with E-state index in [-0.39, 0.29) is 6.61 Å².